The summed E-state index contributed by atoms with van der Waals surface area (Å²) in [5.74, 6) is 0. The van der Waals surface area contributed by atoms with E-state index in [4.69, 9.17) is 0 Å². The third-order valence-electron chi connectivity index (χ3n) is 3.26. The van der Waals surface area contributed by atoms with Gasteiger partial charge in [-0.2, -0.15) is 0 Å². The van der Waals surface area contributed by atoms with Crippen LogP contribution in [0.4, 0.5) is 0 Å². The summed E-state index contributed by atoms with van der Waals surface area (Å²) >= 11 is 3.44. The molecule has 1 N–H and O–H groups in total. The molecule has 0 aliphatic carbocycles. The molecule has 6 heteroatoms. The van der Waals surface area contributed by atoms with E-state index < -0.39 is 10.0 Å². The van der Waals surface area contributed by atoms with Gasteiger partial charge in [0, 0.05) is 22.5 Å². The van der Waals surface area contributed by atoms with Crippen molar-refractivity contribution in [1.29, 1.82) is 0 Å². The van der Waals surface area contributed by atoms with Gasteiger partial charge in [0.15, 0.2) is 0 Å². The quantitative estimate of drug-likeness (QED) is 0.820. The van der Waals surface area contributed by atoms with Crippen molar-refractivity contribution in [2.24, 2.45) is 0 Å². The van der Waals surface area contributed by atoms with Crippen LogP contribution in [-0.2, 0) is 10.0 Å². The lowest BCUT2D eigenvalue weighted by Gasteiger charge is -2.16. The Hall–Kier alpha value is -0.980. The number of alkyl halides is 1. The lowest BCUT2D eigenvalue weighted by Crippen LogP contribution is -2.34. The first kappa shape index (κ1) is 16.4. The van der Waals surface area contributed by atoms with Crippen LogP contribution in [0.5, 0.6) is 0 Å². The smallest absolute Gasteiger partial charge is 0.241 e. The summed E-state index contributed by atoms with van der Waals surface area (Å²) in [5.41, 5.74) is 1.69. The molecule has 4 nitrogen and oxygen atoms in total. The van der Waals surface area contributed by atoms with Gasteiger partial charge in [-0.1, -0.05) is 28.9 Å². The molecule has 21 heavy (non-hydrogen) atoms. The van der Waals surface area contributed by atoms with Gasteiger partial charge < -0.3 is 0 Å². The van der Waals surface area contributed by atoms with Crippen LogP contribution in [0.25, 0.3) is 10.9 Å². The van der Waals surface area contributed by atoms with E-state index in [1.807, 2.05) is 20.8 Å². The highest BCUT2D eigenvalue weighted by Crippen LogP contribution is 2.24. The van der Waals surface area contributed by atoms with Gasteiger partial charge in [-0.05, 0) is 44.0 Å². The lowest BCUT2D eigenvalue weighted by atomic mass is 10.1. The molecule has 1 aromatic heterocycles. The molecule has 2 atom stereocenters. The highest BCUT2D eigenvalue weighted by Gasteiger charge is 2.21. The monoisotopic (exact) mass is 370 g/mol. The predicted molar refractivity (Wildman–Crippen MR) is 89.3 cm³/mol. The standard InChI is InChI=1S/C15H19BrN2O2S/c1-10-6-7-14(13-5-4-8-17-15(10)13)21(19,20)18-12(3)9-11(2)16/h4-8,11-12,18H,9H2,1-3H3. The summed E-state index contributed by atoms with van der Waals surface area (Å²) in [6.45, 7) is 5.79. The van der Waals surface area contributed by atoms with E-state index in [1.54, 1.807) is 30.5 Å². The second kappa shape index (κ2) is 6.42. The van der Waals surface area contributed by atoms with Gasteiger partial charge in [-0.25, -0.2) is 13.1 Å². The molecule has 0 saturated carbocycles. The Labute approximate surface area is 134 Å². The van der Waals surface area contributed by atoms with Crippen LogP contribution in [0.2, 0.25) is 0 Å². The molecule has 114 valence electrons. The summed E-state index contributed by atoms with van der Waals surface area (Å²) < 4.78 is 27.9. The molecule has 0 spiro atoms. The maximum atomic E-state index is 12.6. The summed E-state index contributed by atoms with van der Waals surface area (Å²) in [7, 11) is -3.56. The van der Waals surface area contributed by atoms with E-state index >= 15 is 0 Å². The van der Waals surface area contributed by atoms with Crippen molar-refractivity contribution in [1.82, 2.24) is 9.71 Å². The highest BCUT2D eigenvalue weighted by atomic mass is 79.9. The minimum atomic E-state index is -3.56. The van der Waals surface area contributed by atoms with Crippen LogP contribution >= 0.6 is 15.9 Å². The largest absolute Gasteiger partial charge is 0.256 e. The fourth-order valence-electron chi connectivity index (χ4n) is 2.39. The van der Waals surface area contributed by atoms with Crippen molar-refractivity contribution in [3.8, 4) is 0 Å². The number of hydrogen-bond donors (Lipinski definition) is 1. The van der Waals surface area contributed by atoms with Crippen LogP contribution < -0.4 is 4.72 Å². The van der Waals surface area contributed by atoms with Gasteiger partial charge in [-0.15, -0.1) is 0 Å². The van der Waals surface area contributed by atoms with Crippen LogP contribution in [0.1, 0.15) is 25.8 Å². The minimum absolute atomic E-state index is 0.141. The first-order chi connectivity index (χ1) is 9.81. The number of rotatable bonds is 5. The van der Waals surface area contributed by atoms with Crippen molar-refractivity contribution < 1.29 is 8.42 Å². The maximum absolute atomic E-state index is 12.6. The number of halogens is 1. The van der Waals surface area contributed by atoms with Gasteiger partial charge in [0.2, 0.25) is 10.0 Å². The average Bonchev–Trinajstić information content (AvgIpc) is 2.37. The Kier molecular flexibility index (Phi) is 5.01. The van der Waals surface area contributed by atoms with E-state index in [0.29, 0.717) is 5.39 Å². The third kappa shape index (κ3) is 3.81. The molecule has 0 aliphatic rings. The van der Waals surface area contributed by atoms with Crippen molar-refractivity contribution in [3.63, 3.8) is 0 Å². The second-order valence-corrected chi connectivity index (χ2v) is 8.56. The zero-order chi connectivity index (χ0) is 15.6. The molecule has 0 saturated heterocycles. The Morgan fingerprint density at radius 2 is 2.00 bits per heavy atom. The van der Waals surface area contributed by atoms with E-state index in [2.05, 4.69) is 25.6 Å². The summed E-state index contributed by atoms with van der Waals surface area (Å²) in [4.78, 5) is 4.82. The average molecular weight is 371 g/mol. The van der Waals surface area contributed by atoms with Gasteiger partial charge in [-0.3, -0.25) is 4.98 Å². The molecule has 1 aromatic carbocycles. The molecule has 0 bridgehead atoms. The highest BCUT2D eigenvalue weighted by molar-refractivity contribution is 9.09. The normalized spacial score (nSPS) is 15.0. The van der Waals surface area contributed by atoms with E-state index in [9.17, 15) is 8.42 Å². The van der Waals surface area contributed by atoms with Crippen molar-refractivity contribution >= 4 is 36.9 Å². The number of hydrogen-bond acceptors (Lipinski definition) is 3. The van der Waals surface area contributed by atoms with E-state index in [1.165, 1.54) is 0 Å². The maximum Gasteiger partial charge on any atom is 0.241 e. The van der Waals surface area contributed by atoms with Gasteiger partial charge in [0.05, 0.1) is 10.4 Å². The van der Waals surface area contributed by atoms with Crippen molar-refractivity contribution in [3.05, 3.63) is 36.0 Å². The summed E-state index contributed by atoms with van der Waals surface area (Å²) in [5, 5.41) is 0.657. The van der Waals surface area contributed by atoms with Crippen LogP contribution in [-0.4, -0.2) is 24.3 Å². The predicted octanol–water partition coefficient (Wildman–Crippen LogP) is 3.38. The first-order valence-corrected chi connectivity index (χ1v) is 9.22. The van der Waals surface area contributed by atoms with Crippen LogP contribution in [0.3, 0.4) is 0 Å². The number of pyridine rings is 1. The zero-order valence-corrected chi connectivity index (χ0v) is 14.7. The Bertz CT molecular complexity index is 744. The van der Waals surface area contributed by atoms with Crippen LogP contribution in [0, 0.1) is 6.92 Å². The molecule has 0 fully saturated rings. The van der Waals surface area contributed by atoms with Crippen molar-refractivity contribution in [2.45, 2.75) is 43.0 Å². The molecule has 0 amide bonds. The molecular weight excluding hydrogens is 352 g/mol. The Morgan fingerprint density at radius 3 is 2.67 bits per heavy atom. The topological polar surface area (TPSA) is 59.1 Å². The summed E-state index contributed by atoms with van der Waals surface area (Å²) in [6, 6.07) is 6.84. The second-order valence-electron chi connectivity index (χ2n) is 5.32. The number of aromatic nitrogens is 1. The number of fused-ring (bicyclic) bond motifs is 1. The lowest BCUT2D eigenvalue weighted by molar-refractivity contribution is 0.548. The molecule has 0 aliphatic heterocycles. The van der Waals surface area contributed by atoms with Gasteiger partial charge in [0.1, 0.15) is 0 Å². The van der Waals surface area contributed by atoms with Crippen LogP contribution in [0.15, 0.2) is 35.4 Å². The minimum Gasteiger partial charge on any atom is -0.256 e. The molecule has 2 unspecified atom stereocenters. The van der Waals surface area contributed by atoms with E-state index in [0.717, 1.165) is 17.5 Å². The SMILES string of the molecule is Cc1ccc(S(=O)(=O)NC(C)CC(C)Br)c2cccnc12. The Balaban J connectivity index is 2.44. The number of benzene rings is 1. The Morgan fingerprint density at radius 1 is 1.29 bits per heavy atom. The third-order valence-corrected chi connectivity index (χ3v) is 5.28. The number of aryl methyl sites for hydroxylation is 1. The summed E-state index contributed by atoms with van der Waals surface area (Å²) in [6.07, 6.45) is 2.40. The van der Waals surface area contributed by atoms with E-state index in [-0.39, 0.29) is 15.8 Å². The van der Waals surface area contributed by atoms with Crippen molar-refractivity contribution in [2.75, 3.05) is 0 Å². The number of nitrogens with zero attached hydrogens (tertiary/aromatic N) is 1. The number of sulfonamides is 1. The zero-order valence-electron chi connectivity index (χ0n) is 12.3. The van der Waals surface area contributed by atoms with Gasteiger partial charge >= 0.3 is 0 Å². The fraction of sp³-hybridized carbons (Fsp3) is 0.400. The molecule has 0 radical (unpaired) electrons. The number of nitrogens with one attached hydrogen (secondary N) is 1. The molecule has 2 aromatic rings. The molecular formula is C15H19BrN2O2S. The molecule has 2 rings (SSSR count). The first-order valence-electron chi connectivity index (χ1n) is 6.82. The van der Waals surface area contributed by atoms with Gasteiger partial charge in [0.25, 0.3) is 0 Å². The fourth-order valence-corrected chi connectivity index (χ4v) is 4.40. The molecule has 1 heterocycles.